The van der Waals surface area contributed by atoms with Crippen LogP contribution in [-0.4, -0.2) is 0 Å². The van der Waals surface area contributed by atoms with Gasteiger partial charge in [-0.25, -0.2) is 0 Å². The first kappa shape index (κ1) is 20.0. The van der Waals surface area contributed by atoms with Crippen LogP contribution in [0.2, 0.25) is 0 Å². The second kappa shape index (κ2) is 8.09. The predicted molar refractivity (Wildman–Crippen MR) is 147 cm³/mol. The average Bonchev–Trinajstić information content (AvgIpc) is 2.91. The van der Waals surface area contributed by atoms with Crippen molar-refractivity contribution in [3.05, 3.63) is 121 Å². The molecule has 1 aliphatic rings. The molecule has 160 valence electrons. The summed E-state index contributed by atoms with van der Waals surface area (Å²) in [6, 6.07) is 44.1. The molecule has 1 heterocycles. The summed E-state index contributed by atoms with van der Waals surface area (Å²) in [5.41, 5.74) is 5.22. The largest absolute Gasteiger partial charge is 0.0877 e. The Morgan fingerprint density at radius 3 is 1.50 bits per heavy atom. The van der Waals surface area contributed by atoms with Gasteiger partial charge >= 0.3 is 0 Å². The molecule has 6 aromatic rings. The van der Waals surface area contributed by atoms with E-state index in [-0.39, 0.29) is 0 Å². The maximum atomic E-state index is 2.30. The van der Waals surface area contributed by atoms with Crippen LogP contribution in [0.4, 0.5) is 0 Å². The van der Waals surface area contributed by atoms with Crippen LogP contribution in [0.25, 0.3) is 43.8 Å². The van der Waals surface area contributed by atoms with E-state index < -0.39 is 0 Å². The Balaban J connectivity index is 1.59. The van der Waals surface area contributed by atoms with Crippen LogP contribution in [0.1, 0.15) is 0 Å². The number of benzene rings is 6. The van der Waals surface area contributed by atoms with Gasteiger partial charge in [-0.15, -0.1) is 0 Å². The summed E-state index contributed by atoms with van der Waals surface area (Å²) < 4.78 is 0. The molecule has 0 saturated carbocycles. The molecule has 0 saturated heterocycles. The van der Waals surface area contributed by atoms with E-state index in [9.17, 15) is 0 Å². The monoisotopic (exact) mass is 468 g/mol. The van der Waals surface area contributed by atoms with Gasteiger partial charge in [0.2, 0.25) is 0 Å². The first-order valence-corrected chi connectivity index (χ1v) is 13.1. The zero-order valence-corrected chi connectivity index (χ0v) is 20.0. The van der Waals surface area contributed by atoms with Crippen LogP contribution in [0.5, 0.6) is 0 Å². The third-order valence-electron chi connectivity index (χ3n) is 6.52. The lowest BCUT2D eigenvalue weighted by Crippen LogP contribution is -1.95. The van der Waals surface area contributed by atoms with Crippen molar-refractivity contribution in [1.29, 1.82) is 0 Å². The van der Waals surface area contributed by atoms with Crippen molar-refractivity contribution in [3.63, 3.8) is 0 Å². The SMILES string of the molecule is c1ccc(-c2c3ccccc3c(-c3cccc4c3Sc3ccccc3S4)c3ccccc23)cc1. The van der Waals surface area contributed by atoms with Gasteiger partial charge in [-0.3, -0.25) is 0 Å². The molecule has 0 bridgehead atoms. The Labute approximate surface area is 207 Å². The summed E-state index contributed by atoms with van der Waals surface area (Å²) in [6.07, 6.45) is 0. The van der Waals surface area contributed by atoms with Crippen molar-refractivity contribution in [1.82, 2.24) is 0 Å². The Morgan fingerprint density at radius 1 is 0.353 bits per heavy atom. The van der Waals surface area contributed by atoms with Gasteiger partial charge in [0.1, 0.15) is 0 Å². The highest BCUT2D eigenvalue weighted by molar-refractivity contribution is 8.05. The Bertz CT molecular complexity index is 1640. The van der Waals surface area contributed by atoms with Gasteiger partial charge in [-0.1, -0.05) is 127 Å². The van der Waals surface area contributed by atoms with Crippen LogP contribution in [0.3, 0.4) is 0 Å². The average molecular weight is 469 g/mol. The molecule has 0 atom stereocenters. The zero-order valence-electron chi connectivity index (χ0n) is 18.4. The molecule has 0 N–H and O–H groups in total. The van der Waals surface area contributed by atoms with E-state index in [1.807, 2.05) is 23.5 Å². The minimum absolute atomic E-state index is 1.26. The van der Waals surface area contributed by atoms with E-state index in [1.54, 1.807) is 0 Å². The molecule has 0 aromatic heterocycles. The minimum Gasteiger partial charge on any atom is -0.0877 e. The molecule has 2 heteroatoms. The quantitative estimate of drug-likeness (QED) is 0.232. The Kier molecular flexibility index (Phi) is 4.75. The topological polar surface area (TPSA) is 0 Å². The lowest BCUT2D eigenvalue weighted by molar-refractivity contribution is 1.16. The molecule has 0 nitrogen and oxygen atoms in total. The van der Waals surface area contributed by atoms with Gasteiger partial charge in [0.15, 0.2) is 0 Å². The molecule has 34 heavy (non-hydrogen) atoms. The number of hydrogen-bond acceptors (Lipinski definition) is 2. The van der Waals surface area contributed by atoms with E-state index in [4.69, 9.17) is 0 Å². The molecular weight excluding hydrogens is 448 g/mol. The first-order valence-electron chi connectivity index (χ1n) is 11.5. The molecule has 0 radical (unpaired) electrons. The summed E-state index contributed by atoms with van der Waals surface area (Å²) in [7, 11) is 0. The summed E-state index contributed by atoms with van der Waals surface area (Å²) in [5, 5.41) is 5.21. The summed E-state index contributed by atoms with van der Waals surface area (Å²) in [4.78, 5) is 5.36. The van der Waals surface area contributed by atoms with Crippen LogP contribution >= 0.6 is 23.5 Å². The van der Waals surface area contributed by atoms with E-state index >= 15 is 0 Å². The summed E-state index contributed by atoms with van der Waals surface area (Å²) >= 11 is 3.78. The Morgan fingerprint density at radius 2 is 0.853 bits per heavy atom. The molecule has 7 rings (SSSR count). The number of hydrogen-bond donors (Lipinski definition) is 0. The van der Waals surface area contributed by atoms with Crippen molar-refractivity contribution >= 4 is 45.1 Å². The smallest absolute Gasteiger partial charge is 0.0341 e. The molecule has 0 amide bonds. The highest BCUT2D eigenvalue weighted by atomic mass is 32.2. The van der Waals surface area contributed by atoms with Crippen LogP contribution in [-0.2, 0) is 0 Å². The van der Waals surface area contributed by atoms with Gasteiger partial charge in [0, 0.05) is 19.6 Å². The van der Waals surface area contributed by atoms with Crippen LogP contribution in [0.15, 0.2) is 141 Å². The fraction of sp³-hybridized carbons (Fsp3) is 0. The van der Waals surface area contributed by atoms with Gasteiger partial charge < -0.3 is 0 Å². The van der Waals surface area contributed by atoms with Crippen LogP contribution < -0.4 is 0 Å². The number of fused-ring (bicyclic) bond motifs is 4. The van der Waals surface area contributed by atoms with Gasteiger partial charge in [-0.2, -0.15) is 0 Å². The maximum absolute atomic E-state index is 2.30. The van der Waals surface area contributed by atoms with E-state index in [0.29, 0.717) is 0 Å². The van der Waals surface area contributed by atoms with Gasteiger partial charge in [0.05, 0.1) is 0 Å². The van der Waals surface area contributed by atoms with E-state index in [2.05, 4.69) is 121 Å². The van der Waals surface area contributed by atoms with E-state index in [0.717, 1.165) is 0 Å². The lowest BCUT2D eigenvalue weighted by atomic mass is 9.86. The second-order valence-corrected chi connectivity index (χ2v) is 10.6. The summed E-state index contributed by atoms with van der Waals surface area (Å²) in [6.45, 7) is 0. The molecule has 0 aliphatic carbocycles. The standard InChI is InChI=1S/C32H20S2/c1-2-11-21(12-3-1)30-22-13-4-6-15-24(22)31(25-16-7-5-14-23(25)30)26-17-10-20-29-32(26)34-28-19-9-8-18-27(28)33-29/h1-20H. The van der Waals surface area contributed by atoms with Crippen LogP contribution in [0, 0.1) is 0 Å². The highest BCUT2D eigenvalue weighted by Gasteiger charge is 2.23. The Hall–Kier alpha value is -3.46. The van der Waals surface area contributed by atoms with Crippen molar-refractivity contribution < 1.29 is 0 Å². The fourth-order valence-electron chi connectivity index (χ4n) is 5.08. The molecule has 0 unspecified atom stereocenters. The van der Waals surface area contributed by atoms with Crippen molar-refractivity contribution in [2.45, 2.75) is 19.6 Å². The van der Waals surface area contributed by atoms with E-state index in [1.165, 1.54) is 63.4 Å². The van der Waals surface area contributed by atoms with Gasteiger partial charge in [0.25, 0.3) is 0 Å². The van der Waals surface area contributed by atoms with Crippen molar-refractivity contribution in [2.24, 2.45) is 0 Å². The number of rotatable bonds is 2. The van der Waals surface area contributed by atoms with Crippen molar-refractivity contribution in [2.75, 3.05) is 0 Å². The first-order chi connectivity index (χ1) is 16.9. The normalized spacial score (nSPS) is 12.5. The molecule has 0 fully saturated rings. The predicted octanol–water partition coefficient (Wildman–Crippen LogP) is 9.94. The third-order valence-corrected chi connectivity index (χ3v) is 9.14. The maximum Gasteiger partial charge on any atom is 0.0341 e. The molecule has 1 aliphatic heterocycles. The third kappa shape index (κ3) is 3.10. The molecule has 0 spiro atoms. The summed E-state index contributed by atoms with van der Waals surface area (Å²) in [5.74, 6) is 0. The molecule has 6 aromatic carbocycles. The minimum atomic E-state index is 1.26. The zero-order chi connectivity index (χ0) is 22.5. The lowest BCUT2D eigenvalue weighted by Gasteiger charge is -2.23. The second-order valence-electron chi connectivity index (χ2n) is 8.49. The highest BCUT2D eigenvalue weighted by Crippen LogP contribution is 2.53. The molecular formula is C32H20S2. The van der Waals surface area contributed by atoms with Crippen molar-refractivity contribution in [3.8, 4) is 22.3 Å². The fourth-order valence-corrected chi connectivity index (χ4v) is 7.47. The van der Waals surface area contributed by atoms with Gasteiger partial charge in [-0.05, 0) is 62.0 Å².